The van der Waals surface area contributed by atoms with E-state index in [1.807, 2.05) is 44.3 Å². The first-order valence-electron chi connectivity index (χ1n) is 4.50. The van der Waals surface area contributed by atoms with Crippen molar-refractivity contribution in [1.29, 1.82) is 0 Å². The molecular formula is C11H15NO. The largest absolute Gasteiger partial charge is 0.305 e. The maximum Gasteiger partial charge on any atom is 0.144 e. The van der Waals surface area contributed by atoms with E-state index in [1.165, 1.54) is 0 Å². The Bertz CT molecular complexity index is 265. The highest BCUT2D eigenvalue weighted by Crippen LogP contribution is 2.21. The number of carbonyl (C=O) groups excluding carboxylic acids is 1. The molecule has 1 aromatic rings. The summed E-state index contributed by atoms with van der Waals surface area (Å²) in [6, 6.07) is 9.77. The molecule has 0 aliphatic rings. The van der Waals surface area contributed by atoms with Crippen molar-refractivity contribution < 1.29 is 4.79 Å². The summed E-state index contributed by atoms with van der Waals surface area (Å²) in [4.78, 5) is 11.0. The number of hydrogen-bond acceptors (Lipinski definition) is 2. The second kappa shape index (κ2) is 4.19. The van der Waals surface area contributed by atoms with Gasteiger partial charge in [0.25, 0.3) is 0 Å². The fourth-order valence-electron chi connectivity index (χ4n) is 1.47. The molecule has 2 heteroatoms. The number of benzene rings is 1. The number of carbonyl (C=O) groups is 1. The van der Waals surface area contributed by atoms with Crippen LogP contribution in [0.3, 0.4) is 0 Å². The van der Waals surface area contributed by atoms with Crippen molar-refractivity contribution in [3.63, 3.8) is 0 Å². The van der Waals surface area contributed by atoms with E-state index in [0.29, 0.717) is 0 Å². The third-order valence-electron chi connectivity index (χ3n) is 2.49. The molecule has 2 nitrogen and oxygen atoms in total. The molecule has 1 atom stereocenters. The van der Waals surface area contributed by atoms with E-state index in [1.54, 1.807) is 0 Å². The zero-order valence-corrected chi connectivity index (χ0v) is 8.08. The molecule has 0 aromatic heterocycles. The molecular weight excluding hydrogens is 162 g/mol. The Morgan fingerprint density at radius 2 is 2.00 bits per heavy atom. The normalized spacial score (nSPS) is 14.9. The number of nitrogens with one attached hydrogen (secondary N) is 1. The van der Waals surface area contributed by atoms with Gasteiger partial charge in [-0.05, 0) is 19.0 Å². The smallest absolute Gasteiger partial charge is 0.144 e. The SMILES string of the molecule is CCC(C=O)(NC)c1ccccc1. The van der Waals surface area contributed by atoms with Crippen molar-refractivity contribution in [2.75, 3.05) is 7.05 Å². The van der Waals surface area contributed by atoms with Crippen LogP contribution in [0.2, 0.25) is 0 Å². The highest BCUT2D eigenvalue weighted by atomic mass is 16.1. The maximum absolute atomic E-state index is 11.0. The number of likely N-dealkylation sites (N-methyl/N-ethyl adjacent to an activating group) is 1. The fraction of sp³-hybridized carbons (Fsp3) is 0.364. The third-order valence-corrected chi connectivity index (χ3v) is 2.49. The van der Waals surface area contributed by atoms with Gasteiger partial charge in [-0.3, -0.25) is 0 Å². The lowest BCUT2D eigenvalue weighted by atomic mass is 9.89. The molecule has 1 N–H and O–H groups in total. The van der Waals surface area contributed by atoms with E-state index in [0.717, 1.165) is 18.3 Å². The minimum Gasteiger partial charge on any atom is -0.305 e. The summed E-state index contributed by atoms with van der Waals surface area (Å²) < 4.78 is 0. The van der Waals surface area contributed by atoms with Crippen LogP contribution in [0.5, 0.6) is 0 Å². The highest BCUT2D eigenvalue weighted by Gasteiger charge is 2.26. The summed E-state index contributed by atoms with van der Waals surface area (Å²) >= 11 is 0. The van der Waals surface area contributed by atoms with Crippen LogP contribution in [0.15, 0.2) is 30.3 Å². The Morgan fingerprint density at radius 3 is 2.38 bits per heavy atom. The van der Waals surface area contributed by atoms with Crippen molar-refractivity contribution in [3.05, 3.63) is 35.9 Å². The van der Waals surface area contributed by atoms with Crippen LogP contribution in [0.25, 0.3) is 0 Å². The molecule has 0 heterocycles. The second-order valence-electron chi connectivity index (χ2n) is 3.06. The van der Waals surface area contributed by atoms with Crippen LogP contribution < -0.4 is 5.32 Å². The van der Waals surface area contributed by atoms with Crippen LogP contribution in [0.4, 0.5) is 0 Å². The Balaban J connectivity index is 3.08. The van der Waals surface area contributed by atoms with Gasteiger partial charge < -0.3 is 10.1 Å². The zero-order valence-electron chi connectivity index (χ0n) is 8.08. The van der Waals surface area contributed by atoms with Crippen LogP contribution in [0.1, 0.15) is 18.9 Å². The van der Waals surface area contributed by atoms with E-state index in [-0.39, 0.29) is 0 Å². The van der Waals surface area contributed by atoms with Crippen LogP contribution >= 0.6 is 0 Å². The van der Waals surface area contributed by atoms with E-state index < -0.39 is 5.54 Å². The first-order chi connectivity index (χ1) is 6.29. The van der Waals surface area contributed by atoms with Crippen molar-refractivity contribution in [1.82, 2.24) is 5.32 Å². The topological polar surface area (TPSA) is 29.1 Å². The standard InChI is InChI=1S/C11H15NO/c1-3-11(9-13,12-2)10-7-5-4-6-8-10/h4-9,12H,3H2,1-2H3. The molecule has 1 aromatic carbocycles. The van der Waals surface area contributed by atoms with Gasteiger partial charge >= 0.3 is 0 Å². The lowest BCUT2D eigenvalue weighted by Crippen LogP contribution is -2.40. The molecule has 0 radical (unpaired) electrons. The van der Waals surface area contributed by atoms with Crippen molar-refractivity contribution >= 4 is 6.29 Å². The Hall–Kier alpha value is -1.15. The molecule has 0 aliphatic carbocycles. The summed E-state index contributed by atoms with van der Waals surface area (Å²) in [6.45, 7) is 2.00. The van der Waals surface area contributed by atoms with Crippen molar-refractivity contribution in [3.8, 4) is 0 Å². The Morgan fingerprint density at radius 1 is 1.38 bits per heavy atom. The lowest BCUT2D eigenvalue weighted by Gasteiger charge is -2.26. The van der Waals surface area contributed by atoms with Crippen LogP contribution in [0, 0.1) is 0 Å². The summed E-state index contributed by atoms with van der Waals surface area (Å²) in [5.74, 6) is 0. The lowest BCUT2D eigenvalue weighted by molar-refractivity contribution is -0.113. The summed E-state index contributed by atoms with van der Waals surface area (Å²) in [7, 11) is 1.81. The van der Waals surface area contributed by atoms with Gasteiger partial charge in [0, 0.05) is 0 Å². The molecule has 0 bridgehead atoms. The maximum atomic E-state index is 11.0. The molecule has 0 spiro atoms. The van der Waals surface area contributed by atoms with E-state index in [4.69, 9.17) is 0 Å². The van der Waals surface area contributed by atoms with E-state index in [2.05, 4.69) is 5.32 Å². The second-order valence-corrected chi connectivity index (χ2v) is 3.06. The van der Waals surface area contributed by atoms with E-state index >= 15 is 0 Å². The molecule has 1 rings (SSSR count). The van der Waals surface area contributed by atoms with Gasteiger partial charge in [0.2, 0.25) is 0 Å². The first-order valence-corrected chi connectivity index (χ1v) is 4.50. The quantitative estimate of drug-likeness (QED) is 0.709. The van der Waals surface area contributed by atoms with Crippen LogP contribution in [-0.2, 0) is 10.3 Å². The summed E-state index contributed by atoms with van der Waals surface area (Å²) in [5.41, 5.74) is 0.511. The predicted molar refractivity (Wildman–Crippen MR) is 53.5 cm³/mol. The molecule has 0 fully saturated rings. The fourth-order valence-corrected chi connectivity index (χ4v) is 1.47. The van der Waals surface area contributed by atoms with Gasteiger partial charge in [-0.2, -0.15) is 0 Å². The minimum atomic E-state index is -0.513. The average molecular weight is 177 g/mol. The van der Waals surface area contributed by atoms with Gasteiger partial charge in [0.05, 0.1) is 5.54 Å². The zero-order chi connectivity index (χ0) is 9.73. The van der Waals surface area contributed by atoms with Crippen molar-refractivity contribution in [2.45, 2.75) is 18.9 Å². The highest BCUT2D eigenvalue weighted by molar-refractivity contribution is 5.67. The minimum absolute atomic E-state index is 0.513. The molecule has 70 valence electrons. The number of hydrogen-bond donors (Lipinski definition) is 1. The molecule has 0 aliphatic heterocycles. The van der Waals surface area contributed by atoms with Gasteiger partial charge in [0.1, 0.15) is 6.29 Å². The molecule has 0 amide bonds. The summed E-state index contributed by atoms with van der Waals surface area (Å²) in [6.07, 6.45) is 1.74. The Kier molecular flexibility index (Phi) is 3.20. The van der Waals surface area contributed by atoms with Gasteiger partial charge in [-0.1, -0.05) is 37.3 Å². The third kappa shape index (κ3) is 1.78. The molecule has 0 saturated carbocycles. The van der Waals surface area contributed by atoms with E-state index in [9.17, 15) is 4.79 Å². The summed E-state index contributed by atoms with van der Waals surface area (Å²) in [5, 5.41) is 3.06. The molecule has 13 heavy (non-hydrogen) atoms. The van der Waals surface area contributed by atoms with Crippen LogP contribution in [-0.4, -0.2) is 13.3 Å². The number of aldehydes is 1. The number of rotatable bonds is 4. The van der Waals surface area contributed by atoms with Crippen molar-refractivity contribution in [2.24, 2.45) is 0 Å². The van der Waals surface area contributed by atoms with Gasteiger partial charge in [-0.25, -0.2) is 0 Å². The predicted octanol–water partition coefficient (Wildman–Crippen LogP) is 1.71. The monoisotopic (exact) mass is 177 g/mol. The average Bonchev–Trinajstić information content (AvgIpc) is 2.23. The van der Waals surface area contributed by atoms with Gasteiger partial charge in [-0.15, -0.1) is 0 Å². The Labute approximate surface area is 79.0 Å². The first kappa shape index (κ1) is 9.93. The molecule has 0 saturated heterocycles. The van der Waals surface area contributed by atoms with Gasteiger partial charge in [0.15, 0.2) is 0 Å². The molecule has 1 unspecified atom stereocenters.